The maximum absolute atomic E-state index is 10.5. The predicted octanol–water partition coefficient (Wildman–Crippen LogP) is 5.34. The molecule has 1 fully saturated rings. The summed E-state index contributed by atoms with van der Waals surface area (Å²) in [6.07, 6.45) is 1.48. The van der Waals surface area contributed by atoms with Crippen LogP contribution in [-0.2, 0) is 0 Å². The van der Waals surface area contributed by atoms with Crippen LogP contribution in [0.25, 0.3) is 0 Å². The van der Waals surface area contributed by atoms with Crippen LogP contribution in [0.15, 0.2) is 66.7 Å². The number of anilines is 1. The number of para-hydroxylation sites is 1. The third-order valence-electron chi connectivity index (χ3n) is 6.10. The van der Waals surface area contributed by atoms with E-state index in [1.165, 1.54) is 5.56 Å². The predicted molar refractivity (Wildman–Crippen MR) is 135 cm³/mol. The third kappa shape index (κ3) is 6.35. The lowest BCUT2D eigenvalue weighted by Crippen LogP contribution is -2.40. The van der Waals surface area contributed by atoms with Gasteiger partial charge in [0.2, 0.25) is 0 Å². The van der Waals surface area contributed by atoms with Crippen molar-refractivity contribution in [2.45, 2.75) is 24.9 Å². The van der Waals surface area contributed by atoms with E-state index in [-0.39, 0.29) is 6.61 Å². The molecule has 3 aromatic carbocycles. The number of nitrogens with zero attached hydrogens (tertiary/aromatic N) is 1. The molecule has 0 spiro atoms. The molecule has 1 saturated heterocycles. The summed E-state index contributed by atoms with van der Waals surface area (Å²) in [5.41, 5.74) is 7.60. The van der Waals surface area contributed by atoms with Gasteiger partial charge in [-0.1, -0.05) is 41.9 Å². The Kier molecular flexibility index (Phi) is 8.16. The minimum absolute atomic E-state index is 0.153. The summed E-state index contributed by atoms with van der Waals surface area (Å²) in [6, 6.07) is 21.4. The minimum atomic E-state index is -0.618. The van der Waals surface area contributed by atoms with E-state index in [9.17, 15) is 5.11 Å². The lowest BCUT2D eigenvalue weighted by atomic mass is 9.89. The molecule has 7 heteroatoms. The molecule has 0 saturated carbocycles. The summed E-state index contributed by atoms with van der Waals surface area (Å²) >= 11 is 6.03. The van der Waals surface area contributed by atoms with Crippen LogP contribution in [0, 0.1) is 0 Å². The van der Waals surface area contributed by atoms with Gasteiger partial charge in [-0.05, 0) is 61.7 Å². The van der Waals surface area contributed by atoms with E-state index in [1.807, 2.05) is 42.5 Å². The number of hydrogen-bond acceptors (Lipinski definition) is 6. The van der Waals surface area contributed by atoms with Crippen molar-refractivity contribution in [2.75, 3.05) is 39.1 Å². The summed E-state index contributed by atoms with van der Waals surface area (Å²) in [5.74, 6) is 3.16. The lowest BCUT2D eigenvalue weighted by molar-refractivity contribution is 0.0586. The number of methoxy groups -OCH3 is 1. The van der Waals surface area contributed by atoms with Crippen LogP contribution in [0.4, 0.5) is 5.69 Å². The number of nitrogens with two attached hydrogens (primary N) is 1. The average molecular weight is 483 g/mol. The highest BCUT2D eigenvalue weighted by molar-refractivity contribution is 6.33. The first-order valence-corrected chi connectivity index (χ1v) is 11.9. The summed E-state index contributed by atoms with van der Waals surface area (Å²) in [7, 11) is 1.54. The van der Waals surface area contributed by atoms with Crippen molar-refractivity contribution in [3.8, 4) is 23.0 Å². The van der Waals surface area contributed by atoms with Crippen LogP contribution in [0.3, 0.4) is 0 Å². The van der Waals surface area contributed by atoms with Crippen molar-refractivity contribution in [1.29, 1.82) is 0 Å². The van der Waals surface area contributed by atoms with Gasteiger partial charge in [0.05, 0.1) is 17.8 Å². The van der Waals surface area contributed by atoms with Gasteiger partial charge in [0.1, 0.15) is 24.2 Å². The van der Waals surface area contributed by atoms with E-state index in [1.54, 1.807) is 19.2 Å². The Morgan fingerprint density at radius 3 is 2.35 bits per heavy atom. The Morgan fingerprint density at radius 1 is 1.00 bits per heavy atom. The van der Waals surface area contributed by atoms with Gasteiger partial charge < -0.3 is 30.0 Å². The average Bonchev–Trinajstić information content (AvgIpc) is 2.86. The fraction of sp³-hybridized carbons (Fsp3) is 0.333. The van der Waals surface area contributed by atoms with Gasteiger partial charge >= 0.3 is 0 Å². The van der Waals surface area contributed by atoms with Crippen molar-refractivity contribution in [2.24, 2.45) is 0 Å². The molecule has 1 aliphatic rings. The molecule has 0 radical (unpaired) electrons. The maximum atomic E-state index is 10.5. The van der Waals surface area contributed by atoms with E-state index >= 15 is 0 Å². The topological polar surface area (TPSA) is 77.2 Å². The zero-order chi connectivity index (χ0) is 23.9. The van der Waals surface area contributed by atoms with E-state index in [0.29, 0.717) is 34.7 Å². The zero-order valence-electron chi connectivity index (χ0n) is 19.3. The first kappa shape index (κ1) is 24.2. The van der Waals surface area contributed by atoms with Crippen LogP contribution >= 0.6 is 11.6 Å². The van der Waals surface area contributed by atoms with Gasteiger partial charge in [0, 0.05) is 18.7 Å². The molecule has 180 valence electrons. The first-order chi connectivity index (χ1) is 16.5. The Balaban J connectivity index is 1.23. The number of piperidine rings is 1. The highest BCUT2D eigenvalue weighted by atomic mass is 35.5. The molecule has 34 heavy (non-hydrogen) atoms. The van der Waals surface area contributed by atoms with Crippen molar-refractivity contribution >= 4 is 17.3 Å². The van der Waals surface area contributed by atoms with Gasteiger partial charge in [0.25, 0.3) is 0 Å². The molecule has 0 aliphatic carbocycles. The number of likely N-dealkylation sites (tertiary alicyclic amines) is 1. The van der Waals surface area contributed by atoms with Gasteiger partial charge in [-0.2, -0.15) is 0 Å². The molecule has 6 nitrogen and oxygen atoms in total. The number of β-amino-alcohol motifs (C(OH)–C–C–N with tert-alkyl or cyclic N) is 1. The summed E-state index contributed by atoms with van der Waals surface area (Å²) in [4.78, 5) is 2.28. The van der Waals surface area contributed by atoms with Crippen LogP contribution in [0.1, 0.15) is 24.3 Å². The Hall–Kier alpha value is -2.93. The molecular weight excluding hydrogens is 452 g/mol. The standard InChI is InChI=1S/C27H31ClN2O4/c1-32-26-15-24(28)25(29)16-27(26)33-18-21(31)17-30-13-11-20(12-14-30)19-7-9-23(10-8-19)34-22-5-3-2-4-6-22/h2-10,15-16,20-21,31H,11-14,17-18,29H2,1H3/t21-/m0/s1. The smallest absolute Gasteiger partial charge is 0.163 e. The summed E-state index contributed by atoms with van der Waals surface area (Å²) in [6.45, 7) is 2.57. The van der Waals surface area contributed by atoms with E-state index in [2.05, 4.69) is 17.0 Å². The fourth-order valence-electron chi connectivity index (χ4n) is 4.24. The van der Waals surface area contributed by atoms with Gasteiger partial charge in [-0.15, -0.1) is 0 Å². The Morgan fingerprint density at radius 2 is 1.68 bits per heavy atom. The number of halogens is 1. The van der Waals surface area contributed by atoms with Crippen LogP contribution in [-0.4, -0.2) is 49.5 Å². The number of rotatable bonds is 9. The van der Waals surface area contributed by atoms with Gasteiger partial charge in [-0.3, -0.25) is 0 Å². The molecule has 1 atom stereocenters. The molecule has 1 heterocycles. The van der Waals surface area contributed by atoms with E-state index < -0.39 is 6.10 Å². The van der Waals surface area contributed by atoms with Crippen molar-refractivity contribution in [3.05, 3.63) is 77.3 Å². The SMILES string of the molecule is COc1cc(Cl)c(N)cc1OC[C@@H](O)CN1CCC(c2ccc(Oc3ccccc3)cc2)CC1. The molecule has 3 aromatic rings. The number of nitrogen functional groups attached to an aromatic ring is 1. The normalized spacial score (nSPS) is 15.6. The maximum Gasteiger partial charge on any atom is 0.163 e. The number of aliphatic hydroxyl groups excluding tert-OH is 1. The van der Waals surface area contributed by atoms with Crippen molar-refractivity contribution in [1.82, 2.24) is 4.90 Å². The van der Waals surface area contributed by atoms with E-state index in [4.69, 9.17) is 31.5 Å². The molecule has 1 aliphatic heterocycles. The quantitative estimate of drug-likeness (QED) is 0.401. The van der Waals surface area contributed by atoms with Gasteiger partial charge in [-0.25, -0.2) is 0 Å². The summed E-state index contributed by atoms with van der Waals surface area (Å²) < 4.78 is 16.9. The van der Waals surface area contributed by atoms with Crippen molar-refractivity contribution < 1.29 is 19.3 Å². The second-order valence-electron chi connectivity index (χ2n) is 8.55. The molecule has 0 aromatic heterocycles. The Bertz CT molecular complexity index is 1050. The summed E-state index contributed by atoms with van der Waals surface area (Å²) in [5, 5.41) is 10.9. The number of ether oxygens (including phenoxy) is 3. The monoisotopic (exact) mass is 482 g/mol. The fourth-order valence-corrected chi connectivity index (χ4v) is 4.40. The highest BCUT2D eigenvalue weighted by Gasteiger charge is 2.23. The number of hydrogen-bond donors (Lipinski definition) is 2. The van der Waals surface area contributed by atoms with E-state index in [0.717, 1.165) is 37.4 Å². The third-order valence-corrected chi connectivity index (χ3v) is 6.43. The largest absolute Gasteiger partial charge is 0.493 e. The second-order valence-corrected chi connectivity index (χ2v) is 8.96. The highest BCUT2D eigenvalue weighted by Crippen LogP contribution is 2.35. The first-order valence-electron chi connectivity index (χ1n) is 11.5. The van der Waals surface area contributed by atoms with Crippen molar-refractivity contribution in [3.63, 3.8) is 0 Å². The van der Waals surface area contributed by atoms with Crippen LogP contribution in [0.2, 0.25) is 5.02 Å². The molecule has 0 bridgehead atoms. The number of benzene rings is 3. The molecular formula is C27H31ClN2O4. The van der Waals surface area contributed by atoms with Crippen LogP contribution in [0.5, 0.6) is 23.0 Å². The van der Waals surface area contributed by atoms with Crippen LogP contribution < -0.4 is 19.9 Å². The van der Waals surface area contributed by atoms with Gasteiger partial charge in [0.15, 0.2) is 11.5 Å². The molecule has 3 N–H and O–H groups in total. The second kappa shape index (κ2) is 11.5. The Labute approximate surface area is 205 Å². The lowest BCUT2D eigenvalue weighted by Gasteiger charge is -2.33. The zero-order valence-corrected chi connectivity index (χ0v) is 20.1. The molecule has 4 rings (SSSR count). The molecule has 0 amide bonds. The number of aliphatic hydroxyl groups is 1. The molecule has 0 unspecified atom stereocenters. The minimum Gasteiger partial charge on any atom is -0.493 e.